The predicted molar refractivity (Wildman–Crippen MR) is 69.9 cm³/mol. The Balaban J connectivity index is 2.00. The Kier molecular flexibility index (Phi) is 4.03. The molecule has 1 aliphatic heterocycles. The summed E-state index contributed by atoms with van der Waals surface area (Å²) in [6.07, 6.45) is -2.90. The van der Waals surface area contributed by atoms with Crippen LogP contribution in [0.4, 0.5) is 13.2 Å². The SMILES string of the molecule is CN(C(=O)C1CCN(S(C)(=O)=O)CC1)C1(C(F)(F)F)CC1. The summed E-state index contributed by atoms with van der Waals surface area (Å²) < 4.78 is 63.0. The molecule has 0 atom stereocenters. The Morgan fingerprint density at radius 3 is 2.05 bits per heavy atom. The van der Waals surface area contributed by atoms with Gasteiger partial charge in [-0.2, -0.15) is 13.2 Å². The minimum absolute atomic E-state index is 0.0546. The van der Waals surface area contributed by atoms with Crippen molar-refractivity contribution in [2.75, 3.05) is 26.4 Å². The number of piperidine rings is 1. The van der Waals surface area contributed by atoms with Crippen molar-refractivity contribution in [3.8, 4) is 0 Å². The zero-order valence-electron chi connectivity index (χ0n) is 12.0. The molecule has 2 fully saturated rings. The van der Waals surface area contributed by atoms with Gasteiger partial charge in [-0.15, -0.1) is 0 Å². The van der Waals surface area contributed by atoms with Crippen molar-refractivity contribution < 1.29 is 26.4 Å². The number of amides is 1. The molecule has 0 aromatic heterocycles. The lowest BCUT2D eigenvalue weighted by atomic mass is 9.95. The van der Waals surface area contributed by atoms with E-state index in [1.54, 1.807) is 0 Å². The van der Waals surface area contributed by atoms with Gasteiger partial charge in [-0.1, -0.05) is 0 Å². The van der Waals surface area contributed by atoms with Gasteiger partial charge in [-0.05, 0) is 25.7 Å². The Labute approximate surface area is 122 Å². The van der Waals surface area contributed by atoms with E-state index in [1.807, 2.05) is 0 Å². The van der Waals surface area contributed by atoms with Crippen molar-refractivity contribution in [3.05, 3.63) is 0 Å². The zero-order chi connectivity index (χ0) is 16.1. The molecule has 122 valence electrons. The monoisotopic (exact) mass is 328 g/mol. The van der Waals surface area contributed by atoms with Crippen LogP contribution in [-0.4, -0.2) is 61.6 Å². The van der Waals surface area contributed by atoms with Crippen LogP contribution >= 0.6 is 0 Å². The average Bonchev–Trinajstić information content (AvgIpc) is 3.17. The lowest BCUT2D eigenvalue weighted by Crippen LogP contribution is -2.52. The van der Waals surface area contributed by atoms with Gasteiger partial charge in [0.1, 0.15) is 5.54 Å². The van der Waals surface area contributed by atoms with Crippen LogP contribution in [0, 0.1) is 5.92 Å². The third-order valence-corrected chi connectivity index (χ3v) is 5.80. The summed E-state index contributed by atoms with van der Waals surface area (Å²) in [5, 5.41) is 0. The van der Waals surface area contributed by atoms with Crippen LogP contribution in [0.1, 0.15) is 25.7 Å². The molecular formula is C12H19F3N2O3S. The maximum Gasteiger partial charge on any atom is 0.411 e. The highest BCUT2D eigenvalue weighted by atomic mass is 32.2. The molecule has 0 N–H and O–H groups in total. The summed E-state index contributed by atoms with van der Waals surface area (Å²) in [6, 6.07) is 0. The minimum atomic E-state index is -4.41. The van der Waals surface area contributed by atoms with Gasteiger partial charge in [-0.25, -0.2) is 12.7 Å². The number of hydrogen-bond acceptors (Lipinski definition) is 3. The van der Waals surface area contributed by atoms with Crippen LogP contribution in [0.5, 0.6) is 0 Å². The van der Waals surface area contributed by atoms with Crippen molar-refractivity contribution >= 4 is 15.9 Å². The van der Waals surface area contributed by atoms with E-state index in [4.69, 9.17) is 0 Å². The highest BCUT2D eigenvalue weighted by Gasteiger charge is 2.67. The van der Waals surface area contributed by atoms with Crippen molar-refractivity contribution in [1.29, 1.82) is 0 Å². The van der Waals surface area contributed by atoms with Gasteiger partial charge in [0.15, 0.2) is 0 Å². The normalized spacial score (nSPS) is 23.9. The third kappa shape index (κ3) is 3.03. The first-order valence-corrected chi connectivity index (χ1v) is 8.63. The Morgan fingerprint density at radius 2 is 1.71 bits per heavy atom. The second kappa shape index (κ2) is 5.12. The summed E-state index contributed by atoms with van der Waals surface area (Å²) >= 11 is 0. The molecule has 21 heavy (non-hydrogen) atoms. The molecular weight excluding hydrogens is 309 g/mol. The summed E-state index contributed by atoms with van der Waals surface area (Å²) in [7, 11) is -2.11. The molecule has 0 unspecified atom stereocenters. The number of carbonyl (C=O) groups excluding carboxylic acids is 1. The second-order valence-electron chi connectivity index (χ2n) is 5.86. The highest BCUT2D eigenvalue weighted by Crippen LogP contribution is 2.53. The van der Waals surface area contributed by atoms with E-state index in [0.717, 1.165) is 11.2 Å². The third-order valence-electron chi connectivity index (χ3n) is 4.50. The average molecular weight is 328 g/mol. The maximum absolute atomic E-state index is 13.0. The molecule has 9 heteroatoms. The molecule has 1 saturated heterocycles. The van der Waals surface area contributed by atoms with Gasteiger partial charge in [0.2, 0.25) is 15.9 Å². The molecule has 5 nitrogen and oxygen atoms in total. The molecule has 0 radical (unpaired) electrons. The molecule has 1 heterocycles. The Hall–Kier alpha value is -0.830. The lowest BCUT2D eigenvalue weighted by Gasteiger charge is -2.36. The lowest BCUT2D eigenvalue weighted by molar-refractivity contribution is -0.198. The van der Waals surface area contributed by atoms with E-state index in [-0.39, 0.29) is 38.8 Å². The first kappa shape index (κ1) is 16.5. The molecule has 2 aliphatic rings. The van der Waals surface area contributed by atoms with Gasteiger partial charge in [-0.3, -0.25) is 4.79 Å². The molecule has 1 amide bonds. The zero-order valence-corrected chi connectivity index (χ0v) is 12.8. The quantitative estimate of drug-likeness (QED) is 0.782. The number of nitrogens with zero attached hydrogens (tertiary/aromatic N) is 2. The highest BCUT2D eigenvalue weighted by molar-refractivity contribution is 7.88. The minimum Gasteiger partial charge on any atom is -0.331 e. The predicted octanol–water partition coefficient (Wildman–Crippen LogP) is 1.21. The summed E-state index contributed by atoms with van der Waals surface area (Å²) in [6.45, 7) is 0.365. The molecule has 0 bridgehead atoms. The van der Waals surface area contributed by atoms with Crippen molar-refractivity contribution in [3.63, 3.8) is 0 Å². The standard InChI is InChI=1S/C12H19F3N2O3S/c1-16(11(5-6-11)12(13,14)15)10(18)9-3-7-17(8-4-9)21(2,19)20/h9H,3-8H2,1-2H3. The molecule has 2 rings (SSSR count). The number of hydrogen-bond donors (Lipinski definition) is 0. The molecule has 0 spiro atoms. The van der Waals surface area contributed by atoms with Crippen LogP contribution in [0.2, 0.25) is 0 Å². The first-order chi connectivity index (χ1) is 9.49. The van der Waals surface area contributed by atoms with Crippen LogP contribution in [-0.2, 0) is 14.8 Å². The molecule has 0 aromatic carbocycles. The van der Waals surface area contributed by atoms with Gasteiger partial charge in [0, 0.05) is 26.1 Å². The van der Waals surface area contributed by atoms with E-state index in [9.17, 15) is 26.4 Å². The summed E-state index contributed by atoms with van der Waals surface area (Å²) in [5.74, 6) is -1.06. The van der Waals surface area contributed by atoms with E-state index in [1.165, 1.54) is 11.4 Å². The molecule has 0 aromatic rings. The number of alkyl halides is 3. The van der Waals surface area contributed by atoms with Crippen molar-refractivity contribution in [2.45, 2.75) is 37.4 Å². The van der Waals surface area contributed by atoms with Gasteiger partial charge in [0.05, 0.1) is 6.26 Å². The first-order valence-electron chi connectivity index (χ1n) is 6.78. The maximum atomic E-state index is 13.0. The summed E-state index contributed by atoms with van der Waals surface area (Å²) in [5.41, 5.74) is -2.00. The Bertz CT molecular complexity index is 520. The molecule has 1 saturated carbocycles. The number of rotatable bonds is 3. The summed E-state index contributed by atoms with van der Waals surface area (Å²) in [4.78, 5) is 13.1. The number of sulfonamides is 1. The van der Waals surface area contributed by atoms with E-state index >= 15 is 0 Å². The number of carbonyl (C=O) groups is 1. The fourth-order valence-electron chi connectivity index (χ4n) is 2.85. The van der Waals surface area contributed by atoms with Crippen LogP contribution in [0.3, 0.4) is 0 Å². The van der Waals surface area contributed by atoms with Crippen LogP contribution in [0.15, 0.2) is 0 Å². The van der Waals surface area contributed by atoms with Gasteiger partial charge < -0.3 is 4.90 Å². The van der Waals surface area contributed by atoms with Gasteiger partial charge in [0.25, 0.3) is 0 Å². The van der Waals surface area contributed by atoms with E-state index in [0.29, 0.717) is 0 Å². The topological polar surface area (TPSA) is 57.7 Å². The van der Waals surface area contributed by atoms with Crippen molar-refractivity contribution in [2.24, 2.45) is 5.92 Å². The fourth-order valence-corrected chi connectivity index (χ4v) is 3.72. The second-order valence-corrected chi connectivity index (χ2v) is 7.85. The smallest absolute Gasteiger partial charge is 0.331 e. The number of halogens is 3. The van der Waals surface area contributed by atoms with Crippen LogP contribution < -0.4 is 0 Å². The van der Waals surface area contributed by atoms with Crippen molar-refractivity contribution in [1.82, 2.24) is 9.21 Å². The van der Waals surface area contributed by atoms with E-state index < -0.39 is 33.6 Å². The fraction of sp³-hybridized carbons (Fsp3) is 0.917. The van der Waals surface area contributed by atoms with Gasteiger partial charge >= 0.3 is 6.18 Å². The Morgan fingerprint density at radius 1 is 1.24 bits per heavy atom. The van der Waals surface area contributed by atoms with E-state index in [2.05, 4.69) is 0 Å². The van der Waals surface area contributed by atoms with Crippen LogP contribution in [0.25, 0.3) is 0 Å². The molecule has 1 aliphatic carbocycles. The largest absolute Gasteiger partial charge is 0.411 e.